The lowest BCUT2D eigenvalue weighted by atomic mass is 10.0. The zero-order valence-electron chi connectivity index (χ0n) is 25.5. The predicted molar refractivity (Wildman–Crippen MR) is 173 cm³/mol. The van der Waals surface area contributed by atoms with Crippen LogP contribution in [0.25, 0.3) is 10.9 Å². The molecule has 0 bridgehead atoms. The molecule has 0 saturated carbocycles. The number of hydrogen-bond donors (Lipinski definition) is 3. The molecule has 12 nitrogen and oxygen atoms in total. The average Bonchev–Trinajstić information content (AvgIpc) is 3.09. The Hall–Kier alpha value is -5.01. The smallest absolute Gasteiger partial charge is 0.245 e. The summed E-state index contributed by atoms with van der Waals surface area (Å²) in [5.41, 5.74) is 1.60. The number of morpholine rings is 1. The monoisotopic (exact) mass is 629 g/mol. The van der Waals surface area contributed by atoms with Crippen LogP contribution in [0.15, 0.2) is 67.6 Å². The van der Waals surface area contributed by atoms with Crippen molar-refractivity contribution in [2.45, 2.75) is 25.0 Å². The van der Waals surface area contributed by atoms with Crippen molar-refractivity contribution in [2.75, 3.05) is 62.0 Å². The fourth-order valence-electron chi connectivity index (χ4n) is 5.66. The Bertz CT molecular complexity index is 1720. The Morgan fingerprint density at radius 3 is 2.70 bits per heavy atom. The number of aliphatic hydroxyl groups is 1. The van der Waals surface area contributed by atoms with Gasteiger partial charge in [-0.15, -0.1) is 0 Å². The number of methoxy groups -OCH3 is 1. The van der Waals surface area contributed by atoms with Crippen LogP contribution in [0.2, 0.25) is 0 Å². The molecule has 4 heterocycles. The second-order valence-corrected chi connectivity index (χ2v) is 11.1. The van der Waals surface area contributed by atoms with Gasteiger partial charge in [-0.3, -0.25) is 4.79 Å². The van der Waals surface area contributed by atoms with Crippen LogP contribution in [0.5, 0.6) is 17.2 Å². The summed E-state index contributed by atoms with van der Waals surface area (Å²) in [6.45, 7) is 6.42. The summed E-state index contributed by atoms with van der Waals surface area (Å²) < 4.78 is 32.5. The second kappa shape index (κ2) is 14.0. The van der Waals surface area contributed by atoms with E-state index in [9.17, 15) is 9.90 Å². The van der Waals surface area contributed by atoms with Gasteiger partial charge in [-0.05, 0) is 43.2 Å². The number of amides is 1. The van der Waals surface area contributed by atoms with E-state index in [1.165, 1.54) is 18.5 Å². The van der Waals surface area contributed by atoms with Crippen LogP contribution in [0, 0.1) is 5.82 Å². The molecule has 13 heteroatoms. The standard InChI is InChI=1S/C33H36FN7O5/c1-3-32(43)40-10-7-21(8-11-40)38-29-16-25-28(17-30(29)44-2)36-20-37-33(25)39-27-5-4-22(14-26(27)34)46-23-6-9-35-31(15-23)41-12-13-45-24(18-41)19-42/h3-6,9,14-17,20-21,24,38,42H,1,7-8,10-13,18-19H2,2H3,(H,36,37,39)/t24-/m1/s1. The minimum Gasteiger partial charge on any atom is -0.495 e. The van der Waals surface area contributed by atoms with Gasteiger partial charge in [-0.25, -0.2) is 19.3 Å². The first-order valence-corrected chi connectivity index (χ1v) is 15.1. The lowest BCUT2D eigenvalue weighted by Gasteiger charge is -2.32. The summed E-state index contributed by atoms with van der Waals surface area (Å²) in [7, 11) is 1.60. The van der Waals surface area contributed by atoms with Gasteiger partial charge in [0, 0.05) is 62.0 Å². The fourth-order valence-corrected chi connectivity index (χ4v) is 5.66. The van der Waals surface area contributed by atoms with Crippen LogP contribution in [0.4, 0.5) is 27.4 Å². The summed E-state index contributed by atoms with van der Waals surface area (Å²) in [5.74, 6) is 1.98. The number of carbonyl (C=O) groups excluding carboxylic acids is 1. The molecule has 1 amide bonds. The highest BCUT2D eigenvalue weighted by Gasteiger charge is 2.23. The van der Waals surface area contributed by atoms with Crippen molar-refractivity contribution >= 4 is 39.8 Å². The first-order chi connectivity index (χ1) is 22.4. The van der Waals surface area contributed by atoms with E-state index in [4.69, 9.17) is 14.2 Å². The number of carbonyl (C=O) groups is 1. The number of piperidine rings is 1. The number of pyridine rings is 1. The number of halogens is 1. The Morgan fingerprint density at radius 1 is 1.11 bits per heavy atom. The van der Waals surface area contributed by atoms with Gasteiger partial charge in [0.05, 0.1) is 43.3 Å². The molecule has 3 N–H and O–H groups in total. The number of anilines is 4. The van der Waals surface area contributed by atoms with Crippen LogP contribution in [-0.4, -0.2) is 89.5 Å². The zero-order chi connectivity index (χ0) is 32.0. The first-order valence-electron chi connectivity index (χ1n) is 15.1. The number of likely N-dealkylation sites (tertiary alicyclic amines) is 1. The van der Waals surface area contributed by atoms with E-state index in [0.29, 0.717) is 72.6 Å². The zero-order valence-corrected chi connectivity index (χ0v) is 25.5. The minimum atomic E-state index is -0.523. The van der Waals surface area contributed by atoms with Crippen molar-refractivity contribution < 1.29 is 28.5 Å². The number of nitrogens with one attached hydrogen (secondary N) is 2. The van der Waals surface area contributed by atoms with Crippen molar-refractivity contribution in [1.82, 2.24) is 19.9 Å². The van der Waals surface area contributed by atoms with E-state index in [1.54, 1.807) is 42.5 Å². The van der Waals surface area contributed by atoms with Gasteiger partial charge < -0.3 is 39.8 Å². The molecular formula is C33H36FN7O5. The van der Waals surface area contributed by atoms with Gasteiger partial charge in [-0.2, -0.15) is 0 Å². The molecule has 2 saturated heterocycles. The van der Waals surface area contributed by atoms with Crippen LogP contribution in [0.3, 0.4) is 0 Å². The molecule has 4 aromatic rings. The SMILES string of the molecule is C=CC(=O)N1CCC(Nc2cc3c(Nc4ccc(Oc5ccnc(N6CCO[C@@H](CO)C6)c5)cc4F)ncnc3cc2OC)CC1. The lowest BCUT2D eigenvalue weighted by molar-refractivity contribution is -0.126. The summed E-state index contributed by atoms with van der Waals surface area (Å²) >= 11 is 0. The molecular weight excluding hydrogens is 593 g/mol. The Labute approximate surface area is 265 Å². The number of rotatable bonds is 10. The maximum Gasteiger partial charge on any atom is 0.245 e. The number of aromatic nitrogens is 3. The topological polar surface area (TPSA) is 134 Å². The van der Waals surface area contributed by atoms with Crippen LogP contribution < -0.4 is 25.0 Å². The molecule has 0 radical (unpaired) electrons. The molecule has 0 unspecified atom stereocenters. The van der Waals surface area contributed by atoms with E-state index in [2.05, 4.69) is 32.2 Å². The van der Waals surface area contributed by atoms with E-state index in [0.717, 1.165) is 18.5 Å². The van der Waals surface area contributed by atoms with Crippen molar-refractivity contribution in [3.63, 3.8) is 0 Å². The van der Waals surface area contributed by atoms with Gasteiger partial charge in [-0.1, -0.05) is 6.58 Å². The second-order valence-electron chi connectivity index (χ2n) is 11.1. The summed E-state index contributed by atoms with van der Waals surface area (Å²) in [6.07, 6.45) is 5.66. The number of aliphatic hydroxyl groups excluding tert-OH is 1. The molecule has 2 aromatic carbocycles. The van der Waals surface area contributed by atoms with Gasteiger partial charge >= 0.3 is 0 Å². The summed E-state index contributed by atoms with van der Waals surface area (Å²) in [5, 5.41) is 16.8. The molecule has 6 rings (SSSR count). The van der Waals surface area contributed by atoms with E-state index in [1.807, 2.05) is 17.0 Å². The van der Waals surface area contributed by atoms with Gasteiger partial charge in [0.15, 0.2) is 0 Å². The third-order valence-electron chi connectivity index (χ3n) is 8.11. The minimum absolute atomic E-state index is 0.0608. The van der Waals surface area contributed by atoms with Crippen LogP contribution >= 0.6 is 0 Å². The Morgan fingerprint density at radius 2 is 1.93 bits per heavy atom. The predicted octanol–water partition coefficient (Wildman–Crippen LogP) is 4.49. The van der Waals surface area contributed by atoms with Crippen molar-refractivity contribution in [3.05, 3.63) is 73.5 Å². The quantitative estimate of drug-likeness (QED) is 0.214. The molecule has 2 fully saturated rings. The first kappa shape index (κ1) is 31.0. The molecule has 2 aromatic heterocycles. The van der Waals surface area contributed by atoms with Crippen LogP contribution in [0.1, 0.15) is 12.8 Å². The maximum absolute atomic E-state index is 15.4. The molecule has 2 aliphatic heterocycles. The normalized spacial score (nSPS) is 17.1. The largest absolute Gasteiger partial charge is 0.495 e. The van der Waals surface area contributed by atoms with Crippen molar-refractivity contribution in [3.8, 4) is 17.2 Å². The highest BCUT2D eigenvalue weighted by Crippen LogP contribution is 2.35. The summed E-state index contributed by atoms with van der Waals surface area (Å²) in [4.78, 5) is 29.0. The third-order valence-corrected chi connectivity index (χ3v) is 8.11. The molecule has 2 aliphatic rings. The average molecular weight is 630 g/mol. The van der Waals surface area contributed by atoms with Crippen LogP contribution in [-0.2, 0) is 9.53 Å². The number of fused-ring (bicyclic) bond motifs is 1. The highest BCUT2D eigenvalue weighted by molar-refractivity contribution is 5.95. The Kier molecular flexibility index (Phi) is 9.41. The third kappa shape index (κ3) is 6.95. The number of benzene rings is 2. The van der Waals surface area contributed by atoms with Crippen molar-refractivity contribution in [2.24, 2.45) is 0 Å². The fraction of sp³-hybridized carbons (Fsp3) is 0.333. The van der Waals surface area contributed by atoms with Gasteiger partial charge in [0.2, 0.25) is 5.91 Å². The molecule has 1 atom stereocenters. The Balaban J connectivity index is 1.17. The van der Waals surface area contributed by atoms with E-state index < -0.39 is 5.82 Å². The number of ether oxygens (including phenoxy) is 3. The molecule has 0 aliphatic carbocycles. The summed E-state index contributed by atoms with van der Waals surface area (Å²) in [6, 6.07) is 11.9. The van der Waals surface area contributed by atoms with Gasteiger partial charge in [0.25, 0.3) is 0 Å². The number of nitrogens with zero attached hydrogens (tertiary/aromatic N) is 5. The molecule has 46 heavy (non-hydrogen) atoms. The molecule has 0 spiro atoms. The lowest BCUT2D eigenvalue weighted by Crippen LogP contribution is -2.44. The van der Waals surface area contributed by atoms with E-state index >= 15 is 4.39 Å². The van der Waals surface area contributed by atoms with E-state index in [-0.39, 0.29) is 30.3 Å². The maximum atomic E-state index is 15.4. The highest BCUT2D eigenvalue weighted by atomic mass is 19.1. The molecule has 240 valence electrons. The van der Waals surface area contributed by atoms with Gasteiger partial charge in [0.1, 0.15) is 41.0 Å². The van der Waals surface area contributed by atoms with Crippen molar-refractivity contribution in [1.29, 1.82) is 0 Å². The number of hydrogen-bond acceptors (Lipinski definition) is 11.